The van der Waals surface area contributed by atoms with Crippen molar-refractivity contribution in [3.63, 3.8) is 0 Å². The van der Waals surface area contributed by atoms with Gasteiger partial charge in [-0.3, -0.25) is 4.90 Å². The van der Waals surface area contributed by atoms with Crippen LogP contribution in [0.3, 0.4) is 0 Å². The average Bonchev–Trinajstić information content (AvgIpc) is 3.49. The maximum atomic E-state index is 15.0. The van der Waals surface area contributed by atoms with Crippen LogP contribution in [0.5, 0.6) is 0 Å². The van der Waals surface area contributed by atoms with Gasteiger partial charge in [0, 0.05) is 35.9 Å². The number of nitrogens with zero attached hydrogens (tertiary/aromatic N) is 6. The molecule has 9 nitrogen and oxygen atoms in total. The first kappa shape index (κ1) is 21.0. The summed E-state index contributed by atoms with van der Waals surface area (Å²) in [5, 5.41) is 17.8. The van der Waals surface area contributed by atoms with Crippen molar-refractivity contribution in [2.75, 3.05) is 5.32 Å². The number of aryl methyl sites for hydroxylation is 1. The Morgan fingerprint density at radius 3 is 2.62 bits per heavy atom. The topological polar surface area (TPSA) is 109 Å². The van der Waals surface area contributed by atoms with Crippen molar-refractivity contribution in [1.82, 2.24) is 30.4 Å². The van der Waals surface area contributed by atoms with Gasteiger partial charge in [0.05, 0.1) is 5.69 Å². The highest BCUT2D eigenvalue weighted by Gasteiger charge is 2.48. The molecule has 170 valence electrons. The molecule has 1 aliphatic carbocycles. The fraction of sp³-hybridized carbons (Fsp3) is 0.545. The Balaban J connectivity index is 1.36. The number of nitrogens with one attached hydrogen (secondary N) is 2. The van der Waals surface area contributed by atoms with Gasteiger partial charge in [0.1, 0.15) is 0 Å². The Labute approximate surface area is 186 Å². The summed E-state index contributed by atoms with van der Waals surface area (Å²) in [6, 6.07) is 9.01. The second-order valence-electron chi connectivity index (χ2n) is 9.28. The van der Waals surface area contributed by atoms with Crippen LogP contribution in [0.25, 0.3) is 5.69 Å². The third kappa shape index (κ3) is 3.77. The van der Waals surface area contributed by atoms with Gasteiger partial charge in [-0.15, -0.1) is 5.10 Å². The second-order valence-corrected chi connectivity index (χ2v) is 9.28. The Morgan fingerprint density at radius 2 is 1.97 bits per heavy atom. The van der Waals surface area contributed by atoms with Crippen molar-refractivity contribution in [2.45, 2.75) is 70.2 Å². The Kier molecular flexibility index (Phi) is 5.21. The standard InChI is InChI=1S/C22H30FN9/c1-13-9-16(10-14(2)31(13)18-7-8-18)22(24)20(23)12-25-21(27-22)26-17-5-4-6-19(11-17)32-15(3)28-29-30-32/h4-6,11-14,16,18H,7-10,24H2,1-3H3,(H2,25,26,27). The molecule has 32 heavy (non-hydrogen) atoms. The zero-order valence-corrected chi connectivity index (χ0v) is 18.7. The van der Waals surface area contributed by atoms with Crippen LogP contribution in [0.4, 0.5) is 10.1 Å². The monoisotopic (exact) mass is 439 g/mol. The van der Waals surface area contributed by atoms with Gasteiger partial charge in [-0.1, -0.05) is 6.07 Å². The molecule has 1 saturated heterocycles. The summed E-state index contributed by atoms with van der Waals surface area (Å²) in [5.41, 5.74) is 6.85. The van der Waals surface area contributed by atoms with E-state index in [0.29, 0.717) is 29.9 Å². The highest BCUT2D eigenvalue weighted by atomic mass is 19.1. The second kappa shape index (κ2) is 7.93. The lowest BCUT2D eigenvalue weighted by Crippen LogP contribution is -2.58. The summed E-state index contributed by atoms with van der Waals surface area (Å²) in [7, 11) is 0. The van der Waals surface area contributed by atoms with Gasteiger partial charge in [-0.25, -0.2) is 9.38 Å². The first-order valence-corrected chi connectivity index (χ1v) is 11.3. The lowest BCUT2D eigenvalue weighted by Gasteiger charge is -2.47. The highest BCUT2D eigenvalue weighted by molar-refractivity contribution is 5.95. The first-order valence-electron chi connectivity index (χ1n) is 11.3. The van der Waals surface area contributed by atoms with Crippen LogP contribution < -0.4 is 16.4 Å². The van der Waals surface area contributed by atoms with Gasteiger partial charge >= 0.3 is 0 Å². The lowest BCUT2D eigenvalue weighted by molar-refractivity contribution is 0.0373. The van der Waals surface area contributed by atoms with Crippen molar-refractivity contribution in [3.05, 3.63) is 42.1 Å². The molecule has 0 bridgehead atoms. The summed E-state index contributed by atoms with van der Waals surface area (Å²) >= 11 is 0. The Hall–Kier alpha value is -2.85. The van der Waals surface area contributed by atoms with Crippen LogP contribution in [0, 0.1) is 12.8 Å². The van der Waals surface area contributed by atoms with Gasteiger partial charge in [0.25, 0.3) is 0 Å². The smallest absolute Gasteiger partial charge is 0.202 e. The number of benzene rings is 1. The molecular formula is C22H30FN9. The Morgan fingerprint density at radius 1 is 1.22 bits per heavy atom. The van der Waals surface area contributed by atoms with E-state index in [2.05, 4.69) is 49.9 Å². The molecule has 3 unspecified atom stereocenters. The molecule has 1 saturated carbocycles. The third-order valence-electron chi connectivity index (χ3n) is 6.85. The minimum Gasteiger partial charge on any atom is -0.330 e. The number of tetrazole rings is 1. The lowest BCUT2D eigenvalue weighted by atomic mass is 9.78. The van der Waals surface area contributed by atoms with Gasteiger partial charge in [0.2, 0.25) is 5.96 Å². The van der Waals surface area contributed by atoms with Crippen LogP contribution in [-0.2, 0) is 0 Å². The van der Waals surface area contributed by atoms with E-state index < -0.39 is 11.5 Å². The number of anilines is 1. The van der Waals surface area contributed by atoms with E-state index in [1.54, 1.807) is 4.68 Å². The first-order chi connectivity index (χ1) is 15.3. The van der Waals surface area contributed by atoms with Crippen molar-refractivity contribution in [1.29, 1.82) is 0 Å². The number of hydrogen-bond donors (Lipinski definition) is 3. The number of halogens is 1. The predicted octanol–water partition coefficient (Wildman–Crippen LogP) is 2.46. The van der Waals surface area contributed by atoms with Crippen molar-refractivity contribution in [2.24, 2.45) is 16.6 Å². The largest absolute Gasteiger partial charge is 0.330 e. The molecule has 3 aliphatic rings. The van der Waals surface area contributed by atoms with E-state index >= 15 is 4.39 Å². The summed E-state index contributed by atoms with van der Waals surface area (Å²) in [6.07, 6.45) is 5.50. The quantitative estimate of drug-likeness (QED) is 0.671. The molecular weight excluding hydrogens is 409 g/mol. The van der Waals surface area contributed by atoms with E-state index in [1.165, 1.54) is 19.0 Å². The van der Waals surface area contributed by atoms with Gasteiger partial charge < -0.3 is 16.4 Å². The fourth-order valence-electron chi connectivity index (χ4n) is 5.24. The number of nitrogens with two attached hydrogens (primary N) is 1. The Bertz CT molecular complexity index is 1050. The molecule has 0 radical (unpaired) electrons. The van der Waals surface area contributed by atoms with E-state index in [-0.39, 0.29) is 5.92 Å². The number of aromatic nitrogens is 4. The van der Waals surface area contributed by atoms with Crippen molar-refractivity contribution >= 4 is 11.6 Å². The van der Waals surface area contributed by atoms with E-state index in [0.717, 1.165) is 24.2 Å². The van der Waals surface area contributed by atoms with Crippen LogP contribution in [-0.4, -0.2) is 54.9 Å². The molecule has 2 fully saturated rings. The maximum absolute atomic E-state index is 15.0. The number of piperidine rings is 1. The molecule has 1 aromatic heterocycles. The molecule has 2 aromatic rings. The molecule has 2 aliphatic heterocycles. The molecule has 4 N–H and O–H groups in total. The molecule has 1 aromatic carbocycles. The number of hydrogen-bond acceptors (Lipinski definition) is 8. The summed E-state index contributed by atoms with van der Waals surface area (Å²) in [5.74, 6) is 0.602. The summed E-state index contributed by atoms with van der Waals surface area (Å²) < 4.78 is 16.7. The average molecular weight is 440 g/mol. The zero-order chi connectivity index (χ0) is 22.5. The van der Waals surface area contributed by atoms with Gasteiger partial charge in [0.15, 0.2) is 17.3 Å². The SMILES string of the molecule is Cc1nnnn1-c1cccc(NC2=NC(N)(C3CC(C)N(C4CC4)C(C)C3)C(F)=CN2)c1. The number of aliphatic imine (C=N–C) groups is 1. The minimum atomic E-state index is -1.38. The molecule has 5 rings (SSSR count). The normalized spacial score (nSPS) is 31.0. The van der Waals surface area contributed by atoms with Crippen molar-refractivity contribution < 1.29 is 4.39 Å². The third-order valence-corrected chi connectivity index (χ3v) is 6.85. The van der Waals surface area contributed by atoms with Gasteiger partial charge in [-0.2, -0.15) is 4.68 Å². The zero-order valence-electron chi connectivity index (χ0n) is 18.7. The van der Waals surface area contributed by atoms with Crippen molar-refractivity contribution in [3.8, 4) is 5.69 Å². The summed E-state index contributed by atoms with van der Waals surface area (Å²) in [6.45, 7) is 6.28. The summed E-state index contributed by atoms with van der Waals surface area (Å²) in [4.78, 5) is 7.22. The highest BCUT2D eigenvalue weighted by Crippen LogP contribution is 2.43. The van der Waals surface area contributed by atoms with E-state index in [9.17, 15) is 0 Å². The molecule has 0 amide bonds. The number of rotatable bonds is 4. The predicted molar refractivity (Wildman–Crippen MR) is 121 cm³/mol. The molecule has 3 atom stereocenters. The fourth-order valence-corrected chi connectivity index (χ4v) is 5.24. The van der Waals surface area contributed by atoms with Crippen LogP contribution >= 0.6 is 0 Å². The van der Waals surface area contributed by atoms with Gasteiger partial charge in [-0.05, 0) is 75.1 Å². The number of likely N-dealkylation sites (tertiary alicyclic amines) is 1. The van der Waals surface area contributed by atoms with Crippen LogP contribution in [0.15, 0.2) is 41.3 Å². The van der Waals surface area contributed by atoms with E-state index in [4.69, 9.17) is 5.73 Å². The minimum absolute atomic E-state index is 0.0761. The molecule has 0 spiro atoms. The van der Waals surface area contributed by atoms with Crippen LogP contribution in [0.1, 0.15) is 45.4 Å². The van der Waals surface area contributed by atoms with Crippen LogP contribution in [0.2, 0.25) is 0 Å². The maximum Gasteiger partial charge on any atom is 0.202 e. The molecule has 10 heteroatoms. The van der Waals surface area contributed by atoms with E-state index in [1.807, 2.05) is 31.2 Å². The number of guanidine groups is 1. The molecule has 3 heterocycles.